The third-order valence-electron chi connectivity index (χ3n) is 4.64. The lowest BCUT2D eigenvalue weighted by molar-refractivity contribution is -0.117. The second-order valence-corrected chi connectivity index (χ2v) is 7.92. The van der Waals surface area contributed by atoms with Crippen molar-refractivity contribution in [1.82, 2.24) is 0 Å². The number of benzene rings is 3. The Labute approximate surface area is 169 Å². The number of carbonyl (C=O) groups excluding carboxylic acids is 1. The quantitative estimate of drug-likeness (QED) is 0.563. The summed E-state index contributed by atoms with van der Waals surface area (Å²) in [6, 6.07) is 25.2. The van der Waals surface area contributed by atoms with Gasteiger partial charge in [0.1, 0.15) is 22.6 Å². The van der Waals surface area contributed by atoms with Gasteiger partial charge in [-0.3, -0.25) is 9.69 Å². The highest BCUT2D eigenvalue weighted by Crippen LogP contribution is 2.48. The molecule has 28 heavy (non-hydrogen) atoms. The molecular weight excluding hydrogens is 370 g/mol. The average Bonchev–Trinajstić information content (AvgIpc) is 3.03. The van der Waals surface area contributed by atoms with Crippen LogP contribution in [0, 0.1) is 0 Å². The maximum atomic E-state index is 12.9. The molecule has 4 nitrogen and oxygen atoms in total. The van der Waals surface area contributed by atoms with Crippen LogP contribution in [-0.4, -0.2) is 18.3 Å². The van der Waals surface area contributed by atoms with Gasteiger partial charge in [-0.1, -0.05) is 42.5 Å². The van der Waals surface area contributed by atoms with Gasteiger partial charge in [-0.15, -0.1) is 11.8 Å². The Kier molecular flexibility index (Phi) is 5.26. The number of thioether (sulfide) groups is 1. The van der Waals surface area contributed by atoms with E-state index in [-0.39, 0.29) is 16.5 Å². The fraction of sp³-hybridized carbons (Fsp3) is 0.174. The number of hydrogen-bond acceptors (Lipinski definition) is 4. The van der Waals surface area contributed by atoms with E-state index in [4.69, 9.17) is 9.47 Å². The van der Waals surface area contributed by atoms with Crippen LogP contribution in [0.4, 0.5) is 5.69 Å². The molecular formula is C23H21NO3S. The van der Waals surface area contributed by atoms with Crippen LogP contribution in [0.5, 0.6) is 17.2 Å². The topological polar surface area (TPSA) is 38.8 Å². The van der Waals surface area contributed by atoms with E-state index in [2.05, 4.69) is 0 Å². The minimum Gasteiger partial charge on any atom is -0.495 e. The van der Waals surface area contributed by atoms with Gasteiger partial charge in [0.15, 0.2) is 0 Å². The molecule has 1 saturated heterocycles. The predicted molar refractivity (Wildman–Crippen MR) is 113 cm³/mol. The highest BCUT2D eigenvalue weighted by molar-refractivity contribution is 8.01. The van der Waals surface area contributed by atoms with E-state index in [1.165, 1.54) is 0 Å². The van der Waals surface area contributed by atoms with Crippen LogP contribution in [0.15, 0.2) is 78.9 Å². The molecule has 0 N–H and O–H groups in total. The molecule has 0 radical (unpaired) electrons. The number of hydrogen-bond donors (Lipinski definition) is 0. The Hall–Kier alpha value is -2.92. The molecule has 1 heterocycles. The van der Waals surface area contributed by atoms with Crippen LogP contribution >= 0.6 is 11.8 Å². The number of para-hydroxylation sites is 3. The zero-order valence-corrected chi connectivity index (χ0v) is 16.6. The summed E-state index contributed by atoms with van der Waals surface area (Å²) >= 11 is 1.64. The number of amides is 1. The maximum absolute atomic E-state index is 12.9. The molecule has 2 unspecified atom stereocenters. The third-order valence-corrected chi connectivity index (χ3v) is 5.99. The van der Waals surface area contributed by atoms with Crippen LogP contribution in [0.3, 0.4) is 0 Å². The molecule has 0 saturated carbocycles. The molecule has 142 valence electrons. The fourth-order valence-electron chi connectivity index (χ4n) is 3.25. The van der Waals surface area contributed by atoms with Gasteiger partial charge in [-0.05, 0) is 48.9 Å². The van der Waals surface area contributed by atoms with E-state index in [9.17, 15) is 4.79 Å². The van der Waals surface area contributed by atoms with Crippen LogP contribution < -0.4 is 14.4 Å². The van der Waals surface area contributed by atoms with Crippen molar-refractivity contribution in [1.29, 1.82) is 0 Å². The van der Waals surface area contributed by atoms with Crippen molar-refractivity contribution in [2.45, 2.75) is 17.5 Å². The molecule has 1 amide bonds. The number of carbonyl (C=O) groups is 1. The lowest BCUT2D eigenvalue weighted by atomic mass is 10.1. The molecule has 0 bridgehead atoms. The Morgan fingerprint density at radius 1 is 0.857 bits per heavy atom. The number of ether oxygens (including phenoxy) is 2. The average molecular weight is 391 g/mol. The van der Waals surface area contributed by atoms with Gasteiger partial charge in [0.25, 0.3) is 0 Å². The van der Waals surface area contributed by atoms with Crippen molar-refractivity contribution in [3.05, 3.63) is 84.4 Å². The van der Waals surface area contributed by atoms with E-state index in [1.54, 1.807) is 18.9 Å². The summed E-state index contributed by atoms with van der Waals surface area (Å²) in [5, 5.41) is -0.222. The first-order chi connectivity index (χ1) is 13.7. The fourth-order valence-corrected chi connectivity index (χ4v) is 4.52. The molecule has 5 heteroatoms. The first-order valence-corrected chi connectivity index (χ1v) is 10.1. The van der Waals surface area contributed by atoms with Crippen molar-refractivity contribution in [3.8, 4) is 17.2 Å². The molecule has 1 aliphatic heterocycles. The van der Waals surface area contributed by atoms with E-state index < -0.39 is 0 Å². The summed E-state index contributed by atoms with van der Waals surface area (Å²) < 4.78 is 11.4. The molecule has 0 aliphatic carbocycles. The summed E-state index contributed by atoms with van der Waals surface area (Å²) in [4.78, 5) is 14.7. The highest BCUT2D eigenvalue weighted by Gasteiger charge is 2.40. The van der Waals surface area contributed by atoms with Gasteiger partial charge >= 0.3 is 0 Å². The number of rotatable bonds is 5. The van der Waals surface area contributed by atoms with Crippen LogP contribution in [-0.2, 0) is 4.79 Å². The summed E-state index contributed by atoms with van der Waals surface area (Å²) in [7, 11) is 1.63. The van der Waals surface area contributed by atoms with Gasteiger partial charge in [-0.25, -0.2) is 0 Å². The smallest absolute Gasteiger partial charge is 0.241 e. The van der Waals surface area contributed by atoms with Gasteiger partial charge in [-0.2, -0.15) is 0 Å². The minimum absolute atomic E-state index is 0.0871. The van der Waals surface area contributed by atoms with E-state index in [1.807, 2.05) is 90.7 Å². The van der Waals surface area contributed by atoms with Gasteiger partial charge in [0.2, 0.25) is 5.91 Å². The Morgan fingerprint density at radius 2 is 1.50 bits per heavy atom. The lowest BCUT2D eigenvalue weighted by Gasteiger charge is -2.26. The third kappa shape index (κ3) is 3.58. The molecule has 4 rings (SSSR count). The Bertz CT molecular complexity index is 959. The number of anilines is 1. The molecule has 1 aliphatic rings. The van der Waals surface area contributed by atoms with Crippen molar-refractivity contribution in [2.75, 3.05) is 12.0 Å². The monoisotopic (exact) mass is 391 g/mol. The minimum atomic E-state index is -0.116. The summed E-state index contributed by atoms with van der Waals surface area (Å²) in [5.41, 5.74) is 1.84. The van der Waals surface area contributed by atoms with Crippen molar-refractivity contribution < 1.29 is 14.3 Å². The number of nitrogens with zero attached hydrogens (tertiary/aromatic N) is 1. The lowest BCUT2D eigenvalue weighted by Crippen LogP contribution is -2.30. The van der Waals surface area contributed by atoms with Crippen LogP contribution in [0.25, 0.3) is 0 Å². The normalized spacial score (nSPS) is 18.9. The SMILES string of the molecule is COc1ccccc1N1C(=O)C(C)SC1c1ccc(Oc2ccccc2)cc1. The molecule has 1 fully saturated rings. The van der Waals surface area contributed by atoms with Gasteiger partial charge in [0, 0.05) is 0 Å². The Morgan fingerprint density at radius 3 is 2.21 bits per heavy atom. The van der Waals surface area contributed by atoms with Crippen LogP contribution in [0.2, 0.25) is 0 Å². The van der Waals surface area contributed by atoms with E-state index in [0.717, 1.165) is 22.7 Å². The summed E-state index contributed by atoms with van der Waals surface area (Å²) in [6.45, 7) is 1.95. The molecule has 3 aromatic carbocycles. The van der Waals surface area contributed by atoms with Gasteiger partial charge < -0.3 is 9.47 Å². The zero-order chi connectivity index (χ0) is 19.5. The highest BCUT2D eigenvalue weighted by atomic mass is 32.2. The maximum Gasteiger partial charge on any atom is 0.241 e. The van der Waals surface area contributed by atoms with Crippen LogP contribution in [0.1, 0.15) is 17.9 Å². The molecule has 0 spiro atoms. The van der Waals surface area contributed by atoms with Crippen molar-refractivity contribution >= 4 is 23.4 Å². The predicted octanol–water partition coefficient (Wildman–Crippen LogP) is 5.65. The number of methoxy groups -OCH3 is 1. The largest absolute Gasteiger partial charge is 0.495 e. The first-order valence-electron chi connectivity index (χ1n) is 9.12. The summed E-state index contributed by atoms with van der Waals surface area (Å²) in [5.74, 6) is 2.34. The Balaban J connectivity index is 1.62. The van der Waals surface area contributed by atoms with Gasteiger partial charge in [0.05, 0.1) is 18.0 Å². The standard InChI is InChI=1S/C23H21NO3S/c1-16-22(25)24(20-10-6-7-11-21(20)26-2)23(28-16)17-12-14-19(15-13-17)27-18-8-4-3-5-9-18/h3-16,23H,1-2H3. The molecule has 2 atom stereocenters. The summed E-state index contributed by atoms with van der Waals surface area (Å²) in [6.07, 6.45) is 0. The van der Waals surface area contributed by atoms with Crippen molar-refractivity contribution in [2.24, 2.45) is 0 Å². The van der Waals surface area contributed by atoms with E-state index >= 15 is 0 Å². The van der Waals surface area contributed by atoms with Crippen molar-refractivity contribution in [3.63, 3.8) is 0 Å². The second-order valence-electron chi connectivity index (χ2n) is 6.49. The molecule has 3 aromatic rings. The second kappa shape index (κ2) is 7.98. The zero-order valence-electron chi connectivity index (χ0n) is 15.7. The van der Waals surface area contributed by atoms with E-state index in [0.29, 0.717) is 5.75 Å². The molecule has 0 aromatic heterocycles. The first kappa shape index (κ1) is 18.4.